The predicted molar refractivity (Wildman–Crippen MR) is 155 cm³/mol. The second-order valence-electron chi connectivity index (χ2n) is 11.9. The van der Waals surface area contributed by atoms with Gasteiger partial charge in [-0.25, -0.2) is 13.6 Å². The number of benzene rings is 3. The number of amides is 2. The summed E-state index contributed by atoms with van der Waals surface area (Å²) in [7, 11) is 0. The molecule has 0 aromatic heterocycles. The fraction of sp³-hybridized carbons (Fsp3) is 0.424. The standard InChI is InChI=1S/C33H41F2N3O2/c1-32(2,3)26-11-7-12-27(19-26)33(37-22-30(39)14-13-25-17-28(34)20-29(35)18-25)15-8-16-38(23-33)31(40)36-21-24-9-5-4-6-10-24/h4-7,9-12,17-20,30,37,39H,8,13-16,21-23H2,1-3H3,(H,36,40). The van der Waals surface area contributed by atoms with Crippen molar-refractivity contribution in [2.45, 2.75) is 70.1 Å². The number of rotatable bonds is 9. The number of halogens is 2. The summed E-state index contributed by atoms with van der Waals surface area (Å²) >= 11 is 0. The summed E-state index contributed by atoms with van der Waals surface area (Å²) in [5, 5.41) is 17.5. The minimum atomic E-state index is -0.726. The highest BCUT2D eigenvalue weighted by molar-refractivity contribution is 5.74. The molecule has 2 amide bonds. The number of carbonyl (C=O) groups excluding carboxylic acids is 1. The monoisotopic (exact) mass is 549 g/mol. The molecule has 0 spiro atoms. The van der Waals surface area contributed by atoms with Crippen LogP contribution >= 0.6 is 0 Å². The Morgan fingerprint density at radius 1 is 1.00 bits per heavy atom. The Balaban J connectivity index is 1.49. The van der Waals surface area contributed by atoms with Gasteiger partial charge in [-0.2, -0.15) is 0 Å². The number of hydrogen-bond acceptors (Lipinski definition) is 3. The van der Waals surface area contributed by atoms with Crippen LogP contribution in [0.2, 0.25) is 0 Å². The van der Waals surface area contributed by atoms with E-state index in [0.717, 1.165) is 30.0 Å². The molecule has 40 heavy (non-hydrogen) atoms. The number of carbonyl (C=O) groups is 1. The van der Waals surface area contributed by atoms with Gasteiger partial charge in [0.15, 0.2) is 0 Å². The molecule has 0 radical (unpaired) electrons. The molecule has 214 valence electrons. The van der Waals surface area contributed by atoms with Crippen LogP contribution in [-0.4, -0.2) is 41.8 Å². The van der Waals surface area contributed by atoms with Crippen molar-refractivity contribution in [1.29, 1.82) is 0 Å². The van der Waals surface area contributed by atoms with Crippen LogP contribution in [0.5, 0.6) is 0 Å². The lowest BCUT2D eigenvalue weighted by atomic mass is 9.78. The molecule has 0 bridgehead atoms. The molecule has 2 atom stereocenters. The summed E-state index contributed by atoms with van der Waals surface area (Å²) in [6, 6.07) is 21.6. The maximum absolute atomic E-state index is 13.6. The molecule has 1 heterocycles. The quantitative estimate of drug-likeness (QED) is 0.305. The Hall–Kier alpha value is -3.29. The molecule has 4 rings (SSSR count). The second kappa shape index (κ2) is 12.9. The van der Waals surface area contributed by atoms with Crippen molar-refractivity contribution < 1.29 is 18.7 Å². The van der Waals surface area contributed by atoms with E-state index in [9.17, 15) is 18.7 Å². The van der Waals surface area contributed by atoms with Crippen LogP contribution in [0.25, 0.3) is 0 Å². The summed E-state index contributed by atoms with van der Waals surface area (Å²) in [5.41, 5.74) is 3.25. The Labute approximate surface area is 236 Å². The lowest BCUT2D eigenvalue weighted by molar-refractivity contribution is 0.103. The Morgan fingerprint density at radius 2 is 1.73 bits per heavy atom. The van der Waals surface area contributed by atoms with E-state index in [1.165, 1.54) is 17.7 Å². The molecule has 1 fully saturated rings. The van der Waals surface area contributed by atoms with Gasteiger partial charge in [0, 0.05) is 32.2 Å². The maximum atomic E-state index is 13.6. The first kappa shape index (κ1) is 29.7. The van der Waals surface area contributed by atoms with Crippen molar-refractivity contribution in [3.8, 4) is 0 Å². The fourth-order valence-corrected chi connectivity index (χ4v) is 5.38. The fourth-order valence-electron chi connectivity index (χ4n) is 5.38. The molecular formula is C33H41F2N3O2. The minimum Gasteiger partial charge on any atom is -0.392 e. The number of nitrogens with one attached hydrogen (secondary N) is 2. The third-order valence-electron chi connectivity index (χ3n) is 7.71. The first-order valence-corrected chi connectivity index (χ1v) is 14.1. The highest BCUT2D eigenvalue weighted by atomic mass is 19.1. The van der Waals surface area contributed by atoms with Crippen molar-refractivity contribution >= 4 is 6.03 Å². The van der Waals surface area contributed by atoms with Gasteiger partial charge in [-0.3, -0.25) is 0 Å². The SMILES string of the molecule is CC(C)(C)c1cccc(C2(NCC(O)CCc3cc(F)cc(F)c3)CCCN(C(=O)NCc3ccccc3)C2)c1. The molecule has 5 nitrogen and oxygen atoms in total. The number of hydrogen-bond donors (Lipinski definition) is 3. The van der Waals surface area contributed by atoms with Crippen LogP contribution in [0.4, 0.5) is 13.6 Å². The molecule has 1 aliphatic rings. The third kappa shape index (κ3) is 7.89. The Bertz CT molecular complexity index is 1260. The molecule has 3 N–H and O–H groups in total. The number of nitrogens with zero attached hydrogens (tertiary/aromatic N) is 1. The number of likely N-dealkylation sites (tertiary alicyclic amines) is 1. The van der Waals surface area contributed by atoms with Crippen LogP contribution in [0.3, 0.4) is 0 Å². The maximum Gasteiger partial charge on any atom is 0.317 e. The molecule has 7 heteroatoms. The number of urea groups is 1. The van der Waals surface area contributed by atoms with Gasteiger partial charge < -0.3 is 20.6 Å². The van der Waals surface area contributed by atoms with Gasteiger partial charge >= 0.3 is 6.03 Å². The Morgan fingerprint density at radius 3 is 2.42 bits per heavy atom. The van der Waals surface area contributed by atoms with Crippen LogP contribution in [0.1, 0.15) is 62.3 Å². The zero-order valence-electron chi connectivity index (χ0n) is 23.7. The first-order valence-electron chi connectivity index (χ1n) is 14.1. The second-order valence-corrected chi connectivity index (χ2v) is 11.9. The lowest BCUT2D eigenvalue weighted by Gasteiger charge is -2.44. The van der Waals surface area contributed by atoms with Gasteiger partial charge in [0.2, 0.25) is 0 Å². The van der Waals surface area contributed by atoms with Gasteiger partial charge in [0.05, 0.1) is 11.6 Å². The van der Waals surface area contributed by atoms with E-state index in [0.29, 0.717) is 38.0 Å². The molecule has 0 aliphatic carbocycles. The van der Waals surface area contributed by atoms with Crippen molar-refractivity contribution in [3.63, 3.8) is 0 Å². The highest BCUT2D eigenvalue weighted by Gasteiger charge is 2.39. The molecule has 1 aliphatic heterocycles. The molecular weight excluding hydrogens is 508 g/mol. The van der Waals surface area contributed by atoms with Crippen LogP contribution in [-0.2, 0) is 23.9 Å². The van der Waals surface area contributed by atoms with Crippen LogP contribution < -0.4 is 10.6 Å². The topological polar surface area (TPSA) is 64.6 Å². The molecule has 2 unspecified atom stereocenters. The third-order valence-corrected chi connectivity index (χ3v) is 7.71. The van der Waals surface area contributed by atoms with E-state index >= 15 is 0 Å². The number of piperidine rings is 1. The van der Waals surface area contributed by atoms with Crippen LogP contribution in [0.15, 0.2) is 72.8 Å². The molecule has 3 aromatic rings. The first-order chi connectivity index (χ1) is 19.0. The number of aryl methyl sites for hydroxylation is 1. The average Bonchev–Trinajstić information content (AvgIpc) is 2.93. The smallest absolute Gasteiger partial charge is 0.317 e. The van der Waals surface area contributed by atoms with Gasteiger partial charge in [-0.05, 0) is 65.5 Å². The van der Waals surface area contributed by atoms with E-state index < -0.39 is 23.3 Å². The molecule has 1 saturated heterocycles. The van der Waals surface area contributed by atoms with E-state index in [1.54, 1.807) is 0 Å². The zero-order chi connectivity index (χ0) is 28.8. The van der Waals surface area contributed by atoms with Crippen molar-refractivity contribution in [1.82, 2.24) is 15.5 Å². The van der Waals surface area contributed by atoms with E-state index in [2.05, 4.69) is 55.7 Å². The average molecular weight is 550 g/mol. The van der Waals surface area contributed by atoms with Gasteiger partial charge in [0.25, 0.3) is 0 Å². The normalized spacial score (nSPS) is 18.4. The van der Waals surface area contributed by atoms with Crippen molar-refractivity contribution in [2.24, 2.45) is 0 Å². The van der Waals surface area contributed by atoms with E-state index in [1.807, 2.05) is 35.2 Å². The summed E-state index contributed by atoms with van der Waals surface area (Å²) in [4.78, 5) is 15.1. The Kier molecular flexibility index (Phi) is 9.59. The van der Waals surface area contributed by atoms with Gasteiger partial charge in [0.1, 0.15) is 11.6 Å². The summed E-state index contributed by atoms with van der Waals surface area (Å²) in [6.45, 7) is 8.38. The minimum absolute atomic E-state index is 0.0433. The summed E-state index contributed by atoms with van der Waals surface area (Å²) in [6.07, 6.45) is 1.61. The summed E-state index contributed by atoms with van der Waals surface area (Å²) in [5.74, 6) is -1.23. The lowest BCUT2D eigenvalue weighted by Crippen LogP contribution is -2.58. The van der Waals surface area contributed by atoms with Crippen molar-refractivity contribution in [3.05, 3.63) is 107 Å². The van der Waals surface area contributed by atoms with Crippen LogP contribution in [0, 0.1) is 11.6 Å². The number of aliphatic hydroxyl groups is 1. The van der Waals surface area contributed by atoms with Gasteiger partial charge in [-0.1, -0.05) is 75.4 Å². The molecule has 0 saturated carbocycles. The van der Waals surface area contributed by atoms with Gasteiger partial charge in [-0.15, -0.1) is 0 Å². The van der Waals surface area contributed by atoms with E-state index in [4.69, 9.17) is 0 Å². The van der Waals surface area contributed by atoms with Crippen molar-refractivity contribution in [2.75, 3.05) is 19.6 Å². The molecule has 3 aromatic carbocycles. The number of aliphatic hydroxyl groups excluding tert-OH is 1. The summed E-state index contributed by atoms with van der Waals surface area (Å²) < 4.78 is 27.2. The largest absolute Gasteiger partial charge is 0.392 e. The highest BCUT2D eigenvalue weighted by Crippen LogP contribution is 2.34. The zero-order valence-corrected chi connectivity index (χ0v) is 23.7. The van der Waals surface area contributed by atoms with E-state index in [-0.39, 0.29) is 18.0 Å². The predicted octanol–water partition coefficient (Wildman–Crippen LogP) is 6.05.